The van der Waals surface area contributed by atoms with Gasteiger partial charge in [-0.25, -0.2) is 5.43 Å². The van der Waals surface area contributed by atoms with Gasteiger partial charge in [0.25, 0.3) is 0 Å². The highest BCUT2D eigenvalue weighted by Gasteiger charge is 2.03. The average molecular weight is 243 g/mol. The molecule has 1 aromatic carbocycles. The molecule has 18 heavy (non-hydrogen) atoms. The maximum Gasteiger partial charge on any atom is 0.240 e. The predicted octanol–water partition coefficient (Wildman–Crippen LogP) is 2.66. The van der Waals surface area contributed by atoms with Gasteiger partial charge in [-0.3, -0.25) is 4.79 Å². The molecule has 2 N–H and O–H groups in total. The van der Waals surface area contributed by atoms with Crippen LogP contribution in [0.15, 0.2) is 35.6 Å². The molecule has 1 aromatic heterocycles. The SMILES string of the molecule is CC(C)CC(=O)N/N=C/c1c[nH]c2ccccc12. The maximum atomic E-state index is 11.4. The quantitative estimate of drug-likeness (QED) is 0.629. The van der Waals surface area contributed by atoms with Gasteiger partial charge in [0.05, 0.1) is 6.21 Å². The van der Waals surface area contributed by atoms with Crippen molar-refractivity contribution < 1.29 is 4.79 Å². The van der Waals surface area contributed by atoms with Crippen molar-refractivity contribution >= 4 is 23.0 Å². The van der Waals surface area contributed by atoms with Gasteiger partial charge in [-0.2, -0.15) is 5.10 Å². The monoisotopic (exact) mass is 243 g/mol. The Morgan fingerprint density at radius 1 is 1.44 bits per heavy atom. The first-order chi connectivity index (χ1) is 8.66. The fourth-order valence-electron chi connectivity index (χ4n) is 1.79. The number of benzene rings is 1. The van der Waals surface area contributed by atoms with E-state index in [1.807, 2.05) is 44.3 Å². The van der Waals surface area contributed by atoms with Crippen molar-refractivity contribution in [3.8, 4) is 0 Å². The summed E-state index contributed by atoms with van der Waals surface area (Å²) in [7, 11) is 0. The number of aromatic nitrogens is 1. The molecule has 1 amide bonds. The van der Waals surface area contributed by atoms with Gasteiger partial charge in [-0.15, -0.1) is 0 Å². The van der Waals surface area contributed by atoms with Crippen LogP contribution in [0.3, 0.4) is 0 Å². The normalized spacial score (nSPS) is 11.5. The molecule has 0 saturated carbocycles. The van der Waals surface area contributed by atoms with Crippen LogP contribution in [0.25, 0.3) is 10.9 Å². The molecule has 4 nitrogen and oxygen atoms in total. The summed E-state index contributed by atoms with van der Waals surface area (Å²) in [5.41, 5.74) is 4.56. The third-order valence-corrected chi connectivity index (χ3v) is 2.61. The number of para-hydroxylation sites is 1. The Hall–Kier alpha value is -2.10. The predicted molar refractivity (Wildman–Crippen MR) is 73.5 cm³/mol. The highest BCUT2D eigenvalue weighted by Crippen LogP contribution is 2.15. The van der Waals surface area contributed by atoms with E-state index in [4.69, 9.17) is 0 Å². The number of carbonyl (C=O) groups excluding carboxylic acids is 1. The number of nitrogens with one attached hydrogen (secondary N) is 2. The Kier molecular flexibility index (Phi) is 3.77. The summed E-state index contributed by atoms with van der Waals surface area (Å²) in [4.78, 5) is 14.6. The molecule has 94 valence electrons. The molecular weight excluding hydrogens is 226 g/mol. The number of nitrogens with zero attached hydrogens (tertiary/aromatic N) is 1. The molecule has 2 aromatic rings. The first kappa shape index (κ1) is 12.4. The lowest BCUT2D eigenvalue weighted by Crippen LogP contribution is -2.18. The van der Waals surface area contributed by atoms with E-state index in [-0.39, 0.29) is 5.91 Å². The smallest absolute Gasteiger partial charge is 0.240 e. The zero-order chi connectivity index (χ0) is 13.0. The van der Waals surface area contributed by atoms with E-state index < -0.39 is 0 Å². The number of H-pyrrole nitrogens is 1. The molecule has 1 heterocycles. The van der Waals surface area contributed by atoms with E-state index in [0.717, 1.165) is 16.5 Å². The number of hydrogen-bond acceptors (Lipinski definition) is 2. The maximum absolute atomic E-state index is 11.4. The Morgan fingerprint density at radius 3 is 3.00 bits per heavy atom. The minimum absolute atomic E-state index is 0.0545. The minimum Gasteiger partial charge on any atom is -0.361 e. The van der Waals surface area contributed by atoms with Crippen LogP contribution in [0, 0.1) is 5.92 Å². The number of aromatic amines is 1. The molecule has 2 rings (SSSR count). The molecule has 0 saturated heterocycles. The lowest BCUT2D eigenvalue weighted by atomic mass is 10.1. The second kappa shape index (κ2) is 5.49. The van der Waals surface area contributed by atoms with Crippen LogP contribution >= 0.6 is 0 Å². The van der Waals surface area contributed by atoms with E-state index in [0.29, 0.717) is 12.3 Å². The zero-order valence-corrected chi connectivity index (χ0v) is 10.6. The molecule has 0 unspecified atom stereocenters. The zero-order valence-electron chi connectivity index (χ0n) is 10.6. The van der Waals surface area contributed by atoms with Crippen molar-refractivity contribution in [2.75, 3.05) is 0 Å². The van der Waals surface area contributed by atoms with Crippen molar-refractivity contribution in [2.24, 2.45) is 11.0 Å². The van der Waals surface area contributed by atoms with E-state index in [2.05, 4.69) is 15.5 Å². The van der Waals surface area contributed by atoms with Gasteiger partial charge >= 0.3 is 0 Å². The number of amides is 1. The largest absolute Gasteiger partial charge is 0.361 e. The fraction of sp³-hybridized carbons (Fsp3) is 0.286. The summed E-state index contributed by atoms with van der Waals surface area (Å²) >= 11 is 0. The minimum atomic E-state index is -0.0545. The van der Waals surface area contributed by atoms with Crippen molar-refractivity contribution in [3.05, 3.63) is 36.0 Å². The Balaban J connectivity index is 2.03. The van der Waals surface area contributed by atoms with Gasteiger partial charge in [-0.05, 0) is 12.0 Å². The van der Waals surface area contributed by atoms with Gasteiger partial charge in [0.15, 0.2) is 0 Å². The standard InChI is InChI=1S/C14H17N3O/c1-10(2)7-14(18)17-16-9-11-8-15-13-6-4-3-5-12(11)13/h3-6,8-10,15H,7H2,1-2H3,(H,17,18)/b16-9+. The van der Waals surface area contributed by atoms with E-state index in [1.54, 1.807) is 6.21 Å². The Labute approximate surface area is 106 Å². The highest BCUT2D eigenvalue weighted by molar-refractivity contribution is 5.99. The number of hydrogen-bond donors (Lipinski definition) is 2. The van der Waals surface area contributed by atoms with Crippen LogP contribution in [-0.4, -0.2) is 17.1 Å². The number of carbonyl (C=O) groups is 1. The summed E-state index contributed by atoms with van der Waals surface area (Å²) in [6.45, 7) is 4.01. The Bertz CT molecular complexity index is 569. The van der Waals surface area contributed by atoms with Gasteiger partial charge < -0.3 is 4.98 Å². The van der Waals surface area contributed by atoms with Crippen LogP contribution < -0.4 is 5.43 Å². The Morgan fingerprint density at radius 2 is 2.22 bits per heavy atom. The topological polar surface area (TPSA) is 57.2 Å². The molecule has 0 aliphatic heterocycles. The van der Waals surface area contributed by atoms with Crippen molar-refractivity contribution in [3.63, 3.8) is 0 Å². The van der Waals surface area contributed by atoms with Crippen LogP contribution in [0.1, 0.15) is 25.8 Å². The van der Waals surface area contributed by atoms with Crippen LogP contribution in [0.2, 0.25) is 0 Å². The molecule has 0 bridgehead atoms. The van der Waals surface area contributed by atoms with Gasteiger partial charge in [0, 0.05) is 29.1 Å². The van der Waals surface area contributed by atoms with Crippen molar-refractivity contribution in [1.29, 1.82) is 0 Å². The van der Waals surface area contributed by atoms with E-state index >= 15 is 0 Å². The van der Waals surface area contributed by atoms with Crippen molar-refractivity contribution in [2.45, 2.75) is 20.3 Å². The summed E-state index contributed by atoms with van der Waals surface area (Å²) in [6.07, 6.45) is 4.03. The summed E-state index contributed by atoms with van der Waals surface area (Å²) in [5.74, 6) is 0.286. The van der Waals surface area contributed by atoms with Gasteiger partial charge in [-0.1, -0.05) is 32.0 Å². The fourth-order valence-corrected chi connectivity index (χ4v) is 1.79. The molecule has 0 radical (unpaired) electrons. The third-order valence-electron chi connectivity index (χ3n) is 2.61. The molecule has 0 atom stereocenters. The van der Waals surface area contributed by atoms with Crippen LogP contribution in [-0.2, 0) is 4.79 Å². The van der Waals surface area contributed by atoms with E-state index in [9.17, 15) is 4.79 Å². The van der Waals surface area contributed by atoms with E-state index in [1.165, 1.54) is 0 Å². The number of rotatable bonds is 4. The lowest BCUT2D eigenvalue weighted by Gasteiger charge is -2.01. The van der Waals surface area contributed by atoms with Gasteiger partial charge in [0.2, 0.25) is 5.91 Å². The molecule has 0 spiro atoms. The number of fused-ring (bicyclic) bond motifs is 1. The van der Waals surface area contributed by atoms with Crippen molar-refractivity contribution in [1.82, 2.24) is 10.4 Å². The second-order valence-electron chi connectivity index (χ2n) is 4.68. The molecule has 0 fully saturated rings. The highest BCUT2D eigenvalue weighted by atomic mass is 16.2. The second-order valence-corrected chi connectivity index (χ2v) is 4.68. The molecular formula is C14H17N3O. The van der Waals surface area contributed by atoms with Gasteiger partial charge in [0.1, 0.15) is 0 Å². The third kappa shape index (κ3) is 2.97. The molecule has 0 aliphatic rings. The summed E-state index contributed by atoms with van der Waals surface area (Å²) in [5, 5.41) is 5.07. The van der Waals surface area contributed by atoms with Crippen LogP contribution in [0.4, 0.5) is 0 Å². The number of hydrazone groups is 1. The summed E-state index contributed by atoms with van der Waals surface area (Å²) < 4.78 is 0. The first-order valence-electron chi connectivity index (χ1n) is 6.05. The first-order valence-corrected chi connectivity index (χ1v) is 6.05. The average Bonchev–Trinajstić information content (AvgIpc) is 2.72. The van der Waals surface area contributed by atoms with Crippen LogP contribution in [0.5, 0.6) is 0 Å². The molecule has 0 aliphatic carbocycles. The lowest BCUT2D eigenvalue weighted by molar-refractivity contribution is -0.121. The summed E-state index contributed by atoms with van der Waals surface area (Å²) in [6, 6.07) is 7.97. The molecule has 4 heteroatoms.